The third-order valence-electron chi connectivity index (χ3n) is 4.82. The number of benzene rings is 3. The fraction of sp³-hybridized carbons (Fsp3) is 0.167. The first kappa shape index (κ1) is 19.3. The average Bonchev–Trinajstić information content (AvgIpc) is 2.78. The highest BCUT2D eigenvalue weighted by molar-refractivity contribution is 7.99. The fourth-order valence-corrected chi connectivity index (χ4v) is 4.46. The van der Waals surface area contributed by atoms with Crippen LogP contribution in [0.1, 0.15) is 33.9 Å². The number of carbonyl (C=O) groups excluding carboxylic acids is 2. The summed E-state index contributed by atoms with van der Waals surface area (Å²) in [5, 5.41) is 3.07. The van der Waals surface area contributed by atoms with E-state index in [-0.39, 0.29) is 24.3 Å². The van der Waals surface area contributed by atoms with Gasteiger partial charge in [-0.1, -0.05) is 48.5 Å². The minimum atomic E-state index is -0.152. The minimum Gasteiger partial charge on any atom is -0.484 e. The van der Waals surface area contributed by atoms with Gasteiger partial charge in [-0.05, 0) is 42.3 Å². The maximum Gasteiger partial charge on any atom is 0.258 e. The molecule has 3 aromatic carbocycles. The SMILES string of the molecule is O=C(COc1ccc(C(=O)c2ccccc2)cc1)N[C@@H]1CCSc2ccccc21. The number of ketones is 1. The van der Waals surface area contributed by atoms with Crippen molar-refractivity contribution in [1.29, 1.82) is 0 Å². The predicted octanol–water partition coefficient (Wildman–Crippen LogP) is 4.65. The van der Waals surface area contributed by atoms with Crippen molar-refractivity contribution in [2.45, 2.75) is 17.4 Å². The summed E-state index contributed by atoms with van der Waals surface area (Å²) in [5.74, 6) is 1.36. The van der Waals surface area contributed by atoms with Gasteiger partial charge in [0.1, 0.15) is 5.75 Å². The van der Waals surface area contributed by atoms with Crippen LogP contribution in [0.2, 0.25) is 0 Å². The quantitative estimate of drug-likeness (QED) is 0.609. The van der Waals surface area contributed by atoms with Crippen LogP contribution in [0.25, 0.3) is 0 Å². The van der Waals surface area contributed by atoms with E-state index in [0.29, 0.717) is 16.9 Å². The highest BCUT2D eigenvalue weighted by atomic mass is 32.2. The van der Waals surface area contributed by atoms with Crippen LogP contribution in [0.5, 0.6) is 5.75 Å². The van der Waals surface area contributed by atoms with E-state index in [0.717, 1.165) is 12.2 Å². The zero-order valence-corrected chi connectivity index (χ0v) is 16.7. The Labute approximate surface area is 174 Å². The van der Waals surface area contributed by atoms with Gasteiger partial charge in [0, 0.05) is 21.8 Å². The summed E-state index contributed by atoms with van der Waals surface area (Å²) >= 11 is 1.82. The van der Waals surface area contributed by atoms with E-state index in [2.05, 4.69) is 17.4 Å². The number of fused-ring (bicyclic) bond motifs is 1. The van der Waals surface area contributed by atoms with Crippen LogP contribution in [0.3, 0.4) is 0 Å². The molecule has 4 nitrogen and oxygen atoms in total. The van der Waals surface area contributed by atoms with Gasteiger partial charge in [-0.15, -0.1) is 11.8 Å². The lowest BCUT2D eigenvalue weighted by molar-refractivity contribution is -0.123. The Morgan fingerprint density at radius 3 is 2.38 bits per heavy atom. The van der Waals surface area contributed by atoms with Crippen LogP contribution in [0, 0.1) is 0 Å². The van der Waals surface area contributed by atoms with Crippen LogP contribution in [-0.4, -0.2) is 24.1 Å². The van der Waals surface area contributed by atoms with Gasteiger partial charge in [-0.25, -0.2) is 0 Å². The first-order valence-corrected chi connectivity index (χ1v) is 10.5. The third-order valence-corrected chi connectivity index (χ3v) is 5.94. The molecule has 0 spiro atoms. The van der Waals surface area contributed by atoms with Crippen molar-refractivity contribution in [3.63, 3.8) is 0 Å². The van der Waals surface area contributed by atoms with Gasteiger partial charge in [0.25, 0.3) is 5.91 Å². The van der Waals surface area contributed by atoms with Crippen LogP contribution in [0.4, 0.5) is 0 Å². The highest BCUT2D eigenvalue weighted by Crippen LogP contribution is 2.35. The second kappa shape index (κ2) is 8.97. The summed E-state index contributed by atoms with van der Waals surface area (Å²) in [4.78, 5) is 26.0. The van der Waals surface area contributed by atoms with Crippen molar-refractivity contribution in [3.8, 4) is 5.75 Å². The highest BCUT2D eigenvalue weighted by Gasteiger charge is 2.22. The molecule has 0 aromatic heterocycles. The molecule has 1 N–H and O–H groups in total. The Bertz CT molecular complexity index is 1000. The molecule has 0 unspecified atom stereocenters. The standard InChI is InChI=1S/C24H21NO3S/c26-23(25-21-14-15-29-22-9-5-4-8-20(21)22)16-28-19-12-10-18(11-13-19)24(27)17-6-2-1-3-7-17/h1-13,21H,14-16H2,(H,25,26)/t21-/m1/s1. The molecule has 0 saturated heterocycles. The maximum atomic E-state index is 12.4. The van der Waals surface area contributed by atoms with E-state index in [1.807, 2.05) is 42.1 Å². The van der Waals surface area contributed by atoms with E-state index in [1.165, 1.54) is 10.5 Å². The van der Waals surface area contributed by atoms with E-state index in [1.54, 1.807) is 36.4 Å². The second-order valence-corrected chi connectivity index (χ2v) is 7.94. The zero-order valence-electron chi connectivity index (χ0n) is 15.8. The van der Waals surface area contributed by atoms with Crippen LogP contribution in [-0.2, 0) is 4.79 Å². The topological polar surface area (TPSA) is 55.4 Å². The molecule has 1 aliphatic heterocycles. The van der Waals surface area contributed by atoms with Crippen molar-refractivity contribution < 1.29 is 14.3 Å². The molecule has 3 aromatic rings. The second-order valence-electron chi connectivity index (χ2n) is 6.80. The Morgan fingerprint density at radius 2 is 1.59 bits per heavy atom. The number of ether oxygens (including phenoxy) is 1. The van der Waals surface area contributed by atoms with Gasteiger partial charge >= 0.3 is 0 Å². The molecule has 0 radical (unpaired) electrons. The molecule has 0 saturated carbocycles. The largest absolute Gasteiger partial charge is 0.484 e. The molecule has 0 aliphatic carbocycles. The Morgan fingerprint density at radius 1 is 0.897 bits per heavy atom. The summed E-state index contributed by atoms with van der Waals surface area (Å²) in [6.45, 7) is -0.0577. The van der Waals surface area contributed by atoms with Crippen LogP contribution >= 0.6 is 11.8 Å². The molecule has 1 aliphatic rings. The lowest BCUT2D eigenvalue weighted by atomic mass is 10.0. The molecule has 0 fully saturated rings. The molecule has 1 amide bonds. The number of carbonyl (C=O) groups is 2. The van der Waals surface area contributed by atoms with E-state index >= 15 is 0 Å². The molecule has 4 rings (SSSR count). The van der Waals surface area contributed by atoms with Gasteiger partial charge in [-0.3, -0.25) is 9.59 Å². The molecule has 1 heterocycles. The van der Waals surface area contributed by atoms with Gasteiger partial charge in [-0.2, -0.15) is 0 Å². The van der Waals surface area contributed by atoms with Crippen molar-refractivity contribution in [2.75, 3.05) is 12.4 Å². The van der Waals surface area contributed by atoms with Crippen LogP contribution < -0.4 is 10.1 Å². The lowest BCUT2D eigenvalue weighted by Gasteiger charge is -2.25. The number of nitrogens with one attached hydrogen (secondary N) is 1. The average molecular weight is 404 g/mol. The molecular weight excluding hydrogens is 382 g/mol. The van der Waals surface area contributed by atoms with Gasteiger partial charge in [0.15, 0.2) is 12.4 Å². The predicted molar refractivity (Wildman–Crippen MR) is 114 cm³/mol. The smallest absolute Gasteiger partial charge is 0.258 e. The van der Waals surface area contributed by atoms with Gasteiger partial charge in [0.2, 0.25) is 0 Å². The third kappa shape index (κ3) is 4.69. The van der Waals surface area contributed by atoms with Crippen molar-refractivity contribution in [2.24, 2.45) is 0 Å². The molecule has 0 bridgehead atoms. The summed E-state index contributed by atoms with van der Waals surface area (Å²) in [6, 6.07) is 24.2. The van der Waals surface area contributed by atoms with E-state index < -0.39 is 0 Å². The number of hydrogen-bond acceptors (Lipinski definition) is 4. The maximum absolute atomic E-state index is 12.4. The van der Waals surface area contributed by atoms with Crippen molar-refractivity contribution in [1.82, 2.24) is 5.32 Å². The van der Waals surface area contributed by atoms with Crippen molar-refractivity contribution in [3.05, 3.63) is 95.6 Å². The zero-order chi connectivity index (χ0) is 20.1. The number of amides is 1. The van der Waals surface area contributed by atoms with E-state index in [4.69, 9.17) is 4.74 Å². The normalized spacial score (nSPS) is 15.2. The Balaban J connectivity index is 1.33. The molecule has 1 atom stereocenters. The fourth-order valence-electron chi connectivity index (χ4n) is 3.34. The summed E-state index contributed by atoms with van der Waals surface area (Å²) < 4.78 is 5.61. The first-order chi connectivity index (χ1) is 14.2. The Hall–Kier alpha value is -3.05. The summed E-state index contributed by atoms with van der Waals surface area (Å²) in [7, 11) is 0. The monoisotopic (exact) mass is 403 g/mol. The molecule has 5 heteroatoms. The van der Waals surface area contributed by atoms with Gasteiger partial charge in [0.05, 0.1) is 6.04 Å². The number of hydrogen-bond donors (Lipinski definition) is 1. The summed E-state index contributed by atoms with van der Waals surface area (Å²) in [6.07, 6.45) is 0.906. The van der Waals surface area contributed by atoms with Gasteiger partial charge < -0.3 is 10.1 Å². The van der Waals surface area contributed by atoms with Crippen molar-refractivity contribution >= 4 is 23.5 Å². The molecular formula is C24H21NO3S. The minimum absolute atomic E-state index is 0.0226. The number of rotatable bonds is 6. The van der Waals surface area contributed by atoms with Crippen LogP contribution in [0.15, 0.2) is 83.8 Å². The summed E-state index contributed by atoms with van der Waals surface area (Å²) in [5.41, 5.74) is 2.40. The van der Waals surface area contributed by atoms with E-state index in [9.17, 15) is 9.59 Å². The molecule has 146 valence electrons. The number of thioether (sulfide) groups is 1. The first-order valence-electron chi connectivity index (χ1n) is 9.54. The molecule has 29 heavy (non-hydrogen) atoms. The lowest BCUT2D eigenvalue weighted by Crippen LogP contribution is -2.34. The Kier molecular flexibility index (Phi) is 5.96.